The zero-order valence-corrected chi connectivity index (χ0v) is 10.0. The van der Waals surface area contributed by atoms with E-state index in [0.29, 0.717) is 6.29 Å². The molecule has 0 amide bonds. The SMILES string of the molecule is COc1ncc(F)cc1C=O.Nc1cccc(F)n1. The molecular weight excluding hydrogens is 256 g/mol. The van der Waals surface area contributed by atoms with Crippen LogP contribution in [0.3, 0.4) is 0 Å². The first-order chi connectivity index (χ1) is 9.06. The summed E-state index contributed by atoms with van der Waals surface area (Å²) in [4.78, 5) is 17.1. The van der Waals surface area contributed by atoms with Crippen molar-refractivity contribution in [3.63, 3.8) is 0 Å². The van der Waals surface area contributed by atoms with E-state index in [1.54, 1.807) is 0 Å². The largest absolute Gasteiger partial charge is 0.480 e. The van der Waals surface area contributed by atoms with Gasteiger partial charge in [-0.2, -0.15) is 4.39 Å². The lowest BCUT2D eigenvalue weighted by atomic mass is 10.3. The molecule has 5 nitrogen and oxygen atoms in total. The number of carbonyl (C=O) groups is 1. The second-order valence-corrected chi connectivity index (χ2v) is 3.26. The van der Waals surface area contributed by atoms with Gasteiger partial charge in [-0.05, 0) is 18.2 Å². The number of nitrogens with two attached hydrogens (primary N) is 1. The topological polar surface area (TPSA) is 78.1 Å². The number of hydrogen-bond donors (Lipinski definition) is 1. The van der Waals surface area contributed by atoms with Gasteiger partial charge in [-0.15, -0.1) is 0 Å². The number of halogens is 2. The molecule has 2 heterocycles. The minimum Gasteiger partial charge on any atom is -0.480 e. The summed E-state index contributed by atoms with van der Waals surface area (Å²) >= 11 is 0. The lowest BCUT2D eigenvalue weighted by Gasteiger charge is -1.99. The fourth-order valence-electron chi connectivity index (χ4n) is 1.12. The van der Waals surface area contributed by atoms with Gasteiger partial charge in [0.1, 0.15) is 11.6 Å². The molecule has 0 saturated carbocycles. The van der Waals surface area contributed by atoms with Crippen LogP contribution < -0.4 is 10.5 Å². The fourth-order valence-corrected chi connectivity index (χ4v) is 1.12. The van der Waals surface area contributed by atoms with Crippen LogP contribution in [0.1, 0.15) is 10.4 Å². The normalized spacial score (nSPS) is 9.21. The summed E-state index contributed by atoms with van der Waals surface area (Å²) in [5.41, 5.74) is 5.23. The van der Waals surface area contributed by atoms with E-state index in [4.69, 9.17) is 5.73 Å². The third-order valence-corrected chi connectivity index (χ3v) is 1.90. The Morgan fingerprint density at radius 1 is 1.37 bits per heavy atom. The molecule has 2 aromatic rings. The van der Waals surface area contributed by atoms with Crippen LogP contribution in [-0.2, 0) is 0 Å². The van der Waals surface area contributed by atoms with Gasteiger partial charge in [0.2, 0.25) is 11.8 Å². The number of methoxy groups -OCH3 is 1. The van der Waals surface area contributed by atoms with Gasteiger partial charge in [-0.25, -0.2) is 14.4 Å². The molecule has 100 valence electrons. The Hall–Kier alpha value is -2.57. The predicted molar refractivity (Wildman–Crippen MR) is 64.7 cm³/mol. The first-order valence-electron chi connectivity index (χ1n) is 5.09. The number of carbonyl (C=O) groups excluding carboxylic acids is 1. The van der Waals surface area contributed by atoms with Crippen LogP contribution in [-0.4, -0.2) is 23.4 Å². The molecule has 19 heavy (non-hydrogen) atoms. The van der Waals surface area contributed by atoms with Crippen molar-refractivity contribution in [1.29, 1.82) is 0 Å². The van der Waals surface area contributed by atoms with Crippen LogP contribution in [0, 0.1) is 11.8 Å². The van der Waals surface area contributed by atoms with Crippen LogP contribution in [0.15, 0.2) is 30.5 Å². The van der Waals surface area contributed by atoms with Gasteiger partial charge >= 0.3 is 0 Å². The Balaban J connectivity index is 0.000000200. The molecule has 0 aliphatic heterocycles. The molecule has 0 unspecified atom stereocenters. The van der Waals surface area contributed by atoms with Crippen LogP contribution >= 0.6 is 0 Å². The van der Waals surface area contributed by atoms with Crippen molar-refractivity contribution in [2.45, 2.75) is 0 Å². The van der Waals surface area contributed by atoms with Crippen molar-refractivity contribution in [2.75, 3.05) is 12.8 Å². The summed E-state index contributed by atoms with van der Waals surface area (Å²) in [5, 5.41) is 0. The minimum atomic E-state index is -0.548. The van der Waals surface area contributed by atoms with E-state index in [-0.39, 0.29) is 17.3 Å². The van der Waals surface area contributed by atoms with Gasteiger partial charge in [-0.3, -0.25) is 4.79 Å². The first-order valence-corrected chi connectivity index (χ1v) is 5.09. The van der Waals surface area contributed by atoms with Crippen molar-refractivity contribution in [2.24, 2.45) is 0 Å². The average molecular weight is 267 g/mol. The quantitative estimate of drug-likeness (QED) is 0.663. The highest BCUT2D eigenvalue weighted by atomic mass is 19.1. The standard InChI is InChI=1S/C7H6FNO2.C5H5FN2/c1-11-7-5(4-10)2-6(8)3-9-7;6-4-2-1-3-5(7)8-4/h2-4H,1H3;1-3H,(H2,7,8). The molecule has 2 aromatic heterocycles. The van der Waals surface area contributed by atoms with Crippen LogP contribution in [0.2, 0.25) is 0 Å². The maximum absolute atomic E-state index is 12.4. The molecule has 2 N–H and O–H groups in total. The Morgan fingerprint density at radius 3 is 2.58 bits per heavy atom. The predicted octanol–water partition coefficient (Wildman–Crippen LogP) is 1.84. The van der Waals surface area contributed by atoms with Crippen molar-refractivity contribution < 1.29 is 18.3 Å². The first kappa shape index (κ1) is 14.5. The zero-order valence-electron chi connectivity index (χ0n) is 10.0. The highest BCUT2D eigenvalue weighted by molar-refractivity contribution is 5.77. The molecule has 0 atom stereocenters. The summed E-state index contributed by atoms with van der Waals surface area (Å²) in [6, 6.07) is 5.36. The summed E-state index contributed by atoms with van der Waals surface area (Å²) in [6.45, 7) is 0. The van der Waals surface area contributed by atoms with Crippen LogP contribution in [0.25, 0.3) is 0 Å². The third kappa shape index (κ3) is 4.66. The van der Waals surface area contributed by atoms with Crippen molar-refractivity contribution in [3.05, 3.63) is 47.8 Å². The summed E-state index contributed by atoms with van der Waals surface area (Å²) in [5.74, 6) is -0.732. The molecule has 2 rings (SSSR count). The van der Waals surface area contributed by atoms with Crippen molar-refractivity contribution in [1.82, 2.24) is 9.97 Å². The monoisotopic (exact) mass is 267 g/mol. The van der Waals surface area contributed by atoms with E-state index in [2.05, 4.69) is 14.7 Å². The number of hydrogen-bond acceptors (Lipinski definition) is 5. The second kappa shape index (κ2) is 7.00. The highest BCUT2D eigenvalue weighted by Gasteiger charge is 2.03. The lowest BCUT2D eigenvalue weighted by molar-refractivity contribution is 0.111. The molecule has 0 aromatic carbocycles. The molecule has 0 radical (unpaired) electrons. The highest BCUT2D eigenvalue weighted by Crippen LogP contribution is 2.12. The van der Waals surface area contributed by atoms with Gasteiger partial charge < -0.3 is 10.5 Å². The number of ether oxygens (including phenoxy) is 1. The number of anilines is 1. The van der Waals surface area contributed by atoms with E-state index >= 15 is 0 Å². The average Bonchev–Trinajstić information content (AvgIpc) is 2.39. The van der Waals surface area contributed by atoms with Crippen molar-refractivity contribution in [3.8, 4) is 5.88 Å². The molecule has 0 saturated heterocycles. The number of nitrogens with zero attached hydrogens (tertiary/aromatic N) is 2. The van der Waals surface area contributed by atoms with E-state index in [1.165, 1.54) is 25.3 Å². The Bertz CT molecular complexity index is 547. The summed E-state index contributed by atoms with van der Waals surface area (Å²) in [7, 11) is 1.37. The number of rotatable bonds is 2. The molecular formula is C12H11F2N3O2. The van der Waals surface area contributed by atoms with E-state index in [9.17, 15) is 13.6 Å². The lowest BCUT2D eigenvalue weighted by Crippen LogP contribution is -1.94. The van der Waals surface area contributed by atoms with Gasteiger partial charge in [0.05, 0.1) is 18.9 Å². The van der Waals surface area contributed by atoms with E-state index in [0.717, 1.165) is 12.3 Å². The van der Waals surface area contributed by atoms with E-state index < -0.39 is 11.8 Å². The van der Waals surface area contributed by atoms with Crippen molar-refractivity contribution >= 4 is 12.1 Å². The smallest absolute Gasteiger partial charge is 0.223 e. The maximum atomic E-state index is 12.4. The fraction of sp³-hybridized carbons (Fsp3) is 0.0833. The molecule has 7 heteroatoms. The molecule has 0 spiro atoms. The Labute approximate surface area is 108 Å². The van der Waals surface area contributed by atoms with Gasteiger partial charge in [-0.1, -0.05) is 6.07 Å². The van der Waals surface area contributed by atoms with Crippen LogP contribution in [0.5, 0.6) is 5.88 Å². The number of pyridine rings is 2. The third-order valence-electron chi connectivity index (χ3n) is 1.90. The zero-order chi connectivity index (χ0) is 14.3. The minimum absolute atomic E-state index is 0.118. The number of aldehydes is 1. The molecule has 0 bridgehead atoms. The number of nitrogen functional groups attached to an aromatic ring is 1. The maximum Gasteiger partial charge on any atom is 0.223 e. The Morgan fingerprint density at radius 2 is 2.11 bits per heavy atom. The molecule has 0 fully saturated rings. The van der Waals surface area contributed by atoms with Gasteiger partial charge in [0.15, 0.2) is 6.29 Å². The summed E-state index contributed by atoms with van der Waals surface area (Å²) in [6.07, 6.45) is 1.49. The number of aromatic nitrogens is 2. The molecule has 0 aliphatic carbocycles. The van der Waals surface area contributed by atoms with E-state index in [1.807, 2.05) is 0 Å². The second-order valence-electron chi connectivity index (χ2n) is 3.26. The molecule has 0 aliphatic rings. The Kier molecular flexibility index (Phi) is 5.34. The van der Waals surface area contributed by atoms with Gasteiger partial charge in [0.25, 0.3) is 0 Å². The summed E-state index contributed by atoms with van der Waals surface area (Å²) < 4.78 is 29.1. The van der Waals surface area contributed by atoms with Crippen LogP contribution in [0.4, 0.5) is 14.6 Å². The van der Waals surface area contributed by atoms with Gasteiger partial charge in [0, 0.05) is 0 Å².